The lowest BCUT2D eigenvalue weighted by Gasteiger charge is -2.01. The molecule has 0 saturated heterocycles. The summed E-state index contributed by atoms with van der Waals surface area (Å²) in [5, 5.41) is 15.7. The summed E-state index contributed by atoms with van der Waals surface area (Å²) in [6.45, 7) is 0. The molecule has 0 bridgehead atoms. The maximum atomic E-state index is 10.6. The van der Waals surface area contributed by atoms with Crippen molar-refractivity contribution in [2.24, 2.45) is 5.73 Å². The van der Waals surface area contributed by atoms with Crippen molar-refractivity contribution in [2.45, 2.75) is 0 Å². The minimum absolute atomic E-state index is 0. The molecular formula is C8H9ClN2O2. The Morgan fingerprint density at radius 1 is 1.31 bits per heavy atom. The Bertz CT molecular complexity index is 306. The van der Waals surface area contributed by atoms with Gasteiger partial charge in [0.1, 0.15) is 5.84 Å². The smallest absolute Gasteiger partial charge is 0.336 e. The zero-order valence-electron chi connectivity index (χ0n) is 6.65. The van der Waals surface area contributed by atoms with Gasteiger partial charge in [-0.25, -0.2) is 4.79 Å². The monoisotopic (exact) mass is 200 g/mol. The van der Waals surface area contributed by atoms with Gasteiger partial charge in [-0.05, 0) is 6.07 Å². The van der Waals surface area contributed by atoms with Gasteiger partial charge in [0, 0.05) is 5.56 Å². The zero-order valence-corrected chi connectivity index (χ0v) is 7.47. The number of benzene rings is 1. The fourth-order valence-electron chi connectivity index (χ4n) is 0.904. The SMILES string of the molecule is Cl.N=C(N)c1ccccc1C(=O)O. The molecule has 4 N–H and O–H groups in total. The van der Waals surface area contributed by atoms with Crippen LogP contribution < -0.4 is 5.73 Å². The lowest BCUT2D eigenvalue weighted by atomic mass is 10.1. The average molecular weight is 201 g/mol. The van der Waals surface area contributed by atoms with Crippen LogP contribution in [-0.2, 0) is 0 Å². The largest absolute Gasteiger partial charge is 0.478 e. The van der Waals surface area contributed by atoms with Gasteiger partial charge < -0.3 is 10.8 Å². The van der Waals surface area contributed by atoms with Gasteiger partial charge >= 0.3 is 5.97 Å². The second kappa shape index (κ2) is 4.47. The fraction of sp³-hybridized carbons (Fsp3) is 0. The quantitative estimate of drug-likeness (QED) is 0.493. The van der Waals surface area contributed by atoms with Gasteiger partial charge in [0.25, 0.3) is 0 Å². The molecular weight excluding hydrogens is 192 g/mol. The number of carboxylic acids is 1. The van der Waals surface area contributed by atoms with E-state index >= 15 is 0 Å². The number of aromatic carboxylic acids is 1. The van der Waals surface area contributed by atoms with E-state index in [2.05, 4.69) is 0 Å². The molecule has 0 aliphatic heterocycles. The van der Waals surface area contributed by atoms with Gasteiger partial charge in [-0.1, -0.05) is 18.2 Å². The second-order valence-electron chi connectivity index (χ2n) is 2.26. The number of amidine groups is 1. The summed E-state index contributed by atoms with van der Waals surface area (Å²) in [5.41, 5.74) is 5.49. The lowest BCUT2D eigenvalue weighted by molar-refractivity contribution is 0.0696. The van der Waals surface area contributed by atoms with E-state index in [-0.39, 0.29) is 29.4 Å². The molecule has 0 saturated carbocycles. The molecule has 70 valence electrons. The number of halogens is 1. The summed E-state index contributed by atoms with van der Waals surface area (Å²) in [5.74, 6) is -1.30. The third kappa shape index (κ3) is 2.45. The van der Waals surface area contributed by atoms with Gasteiger partial charge in [-0.15, -0.1) is 12.4 Å². The van der Waals surface area contributed by atoms with Crippen LogP contribution in [0.4, 0.5) is 0 Å². The van der Waals surface area contributed by atoms with Crippen molar-refractivity contribution in [3.63, 3.8) is 0 Å². The first kappa shape index (κ1) is 11.4. The maximum absolute atomic E-state index is 10.6. The predicted octanol–water partition coefficient (Wildman–Crippen LogP) is 1.09. The first-order valence-corrected chi connectivity index (χ1v) is 3.29. The Kier molecular flexibility index (Phi) is 3.94. The number of nitrogens with two attached hydrogens (primary N) is 1. The van der Waals surface area contributed by atoms with Gasteiger partial charge in [-0.3, -0.25) is 5.41 Å². The van der Waals surface area contributed by atoms with Crippen LogP contribution in [0.2, 0.25) is 0 Å². The number of carboxylic acid groups (broad SMARTS) is 1. The molecule has 0 fully saturated rings. The Labute approximate surface area is 81.3 Å². The number of nitrogen functional groups attached to an aromatic ring is 1. The highest BCUT2D eigenvalue weighted by Gasteiger charge is 2.09. The predicted molar refractivity (Wildman–Crippen MR) is 51.7 cm³/mol. The molecule has 13 heavy (non-hydrogen) atoms. The maximum Gasteiger partial charge on any atom is 0.336 e. The van der Waals surface area contributed by atoms with Crippen molar-refractivity contribution < 1.29 is 9.90 Å². The van der Waals surface area contributed by atoms with Gasteiger partial charge in [0.2, 0.25) is 0 Å². The van der Waals surface area contributed by atoms with E-state index in [0.29, 0.717) is 0 Å². The minimum atomic E-state index is -1.07. The molecule has 1 rings (SSSR count). The topological polar surface area (TPSA) is 87.2 Å². The summed E-state index contributed by atoms with van der Waals surface area (Å²) in [7, 11) is 0. The highest BCUT2D eigenvalue weighted by atomic mass is 35.5. The molecule has 1 aromatic carbocycles. The molecule has 0 spiro atoms. The fourth-order valence-corrected chi connectivity index (χ4v) is 0.904. The molecule has 0 unspecified atom stereocenters. The van der Waals surface area contributed by atoms with Gasteiger partial charge in [-0.2, -0.15) is 0 Å². The van der Waals surface area contributed by atoms with E-state index in [4.69, 9.17) is 16.2 Å². The van der Waals surface area contributed by atoms with Crippen LogP contribution in [0.25, 0.3) is 0 Å². The summed E-state index contributed by atoms with van der Waals surface area (Å²) < 4.78 is 0. The molecule has 0 atom stereocenters. The number of nitrogens with one attached hydrogen (secondary N) is 1. The summed E-state index contributed by atoms with van der Waals surface area (Å²) >= 11 is 0. The molecule has 0 amide bonds. The van der Waals surface area contributed by atoms with Crippen LogP contribution in [0, 0.1) is 5.41 Å². The first-order chi connectivity index (χ1) is 5.63. The Balaban J connectivity index is 0.00000144. The van der Waals surface area contributed by atoms with Gasteiger partial charge in [0.05, 0.1) is 5.56 Å². The van der Waals surface area contributed by atoms with E-state index in [9.17, 15) is 4.79 Å². The average Bonchev–Trinajstić information content (AvgIpc) is 2.04. The number of hydrogen-bond acceptors (Lipinski definition) is 2. The molecule has 0 radical (unpaired) electrons. The Hall–Kier alpha value is -1.55. The lowest BCUT2D eigenvalue weighted by Crippen LogP contribution is -2.15. The second-order valence-corrected chi connectivity index (χ2v) is 2.26. The highest BCUT2D eigenvalue weighted by Crippen LogP contribution is 2.06. The van der Waals surface area contributed by atoms with E-state index < -0.39 is 5.97 Å². The Morgan fingerprint density at radius 3 is 2.08 bits per heavy atom. The number of carbonyl (C=O) groups is 1. The van der Waals surface area contributed by atoms with Crippen LogP contribution in [0.3, 0.4) is 0 Å². The molecule has 0 aliphatic rings. The number of rotatable bonds is 2. The van der Waals surface area contributed by atoms with Crippen LogP contribution in [-0.4, -0.2) is 16.9 Å². The van der Waals surface area contributed by atoms with Crippen molar-refractivity contribution >= 4 is 24.2 Å². The van der Waals surface area contributed by atoms with Gasteiger partial charge in [0.15, 0.2) is 0 Å². The molecule has 0 heterocycles. The standard InChI is InChI=1S/C8H8N2O2.ClH/c9-7(10)5-3-1-2-4-6(5)8(11)12;/h1-4H,(H3,9,10)(H,11,12);1H. The summed E-state index contributed by atoms with van der Waals surface area (Å²) in [6, 6.07) is 6.16. The van der Waals surface area contributed by atoms with Crippen LogP contribution in [0.15, 0.2) is 24.3 Å². The third-order valence-electron chi connectivity index (χ3n) is 1.45. The summed E-state index contributed by atoms with van der Waals surface area (Å²) in [4.78, 5) is 10.6. The van der Waals surface area contributed by atoms with E-state index in [1.165, 1.54) is 12.1 Å². The van der Waals surface area contributed by atoms with Crippen LogP contribution >= 0.6 is 12.4 Å². The van der Waals surface area contributed by atoms with Crippen molar-refractivity contribution in [3.8, 4) is 0 Å². The number of hydrogen-bond donors (Lipinski definition) is 3. The zero-order chi connectivity index (χ0) is 9.14. The van der Waals surface area contributed by atoms with Crippen LogP contribution in [0.1, 0.15) is 15.9 Å². The van der Waals surface area contributed by atoms with Crippen molar-refractivity contribution in [3.05, 3.63) is 35.4 Å². The minimum Gasteiger partial charge on any atom is -0.478 e. The normalized spacial score (nSPS) is 8.62. The third-order valence-corrected chi connectivity index (χ3v) is 1.45. The molecule has 0 aliphatic carbocycles. The summed E-state index contributed by atoms with van der Waals surface area (Å²) in [6.07, 6.45) is 0. The molecule has 4 nitrogen and oxygen atoms in total. The highest BCUT2D eigenvalue weighted by molar-refractivity contribution is 6.05. The molecule has 1 aromatic rings. The first-order valence-electron chi connectivity index (χ1n) is 3.29. The van der Waals surface area contributed by atoms with Crippen LogP contribution in [0.5, 0.6) is 0 Å². The van der Waals surface area contributed by atoms with E-state index in [1.54, 1.807) is 12.1 Å². The van der Waals surface area contributed by atoms with Crippen molar-refractivity contribution in [1.29, 1.82) is 5.41 Å². The van der Waals surface area contributed by atoms with Crippen molar-refractivity contribution in [2.75, 3.05) is 0 Å². The van der Waals surface area contributed by atoms with Crippen molar-refractivity contribution in [1.82, 2.24) is 0 Å². The Morgan fingerprint density at radius 2 is 1.77 bits per heavy atom. The molecule has 0 aromatic heterocycles. The van der Waals surface area contributed by atoms with E-state index in [0.717, 1.165) is 0 Å². The van der Waals surface area contributed by atoms with E-state index in [1.807, 2.05) is 0 Å². The molecule has 5 heteroatoms.